The summed E-state index contributed by atoms with van der Waals surface area (Å²) in [5, 5.41) is 24.0. The van der Waals surface area contributed by atoms with E-state index in [1.807, 2.05) is 0 Å². The van der Waals surface area contributed by atoms with Crippen LogP contribution >= 0.6 is 0 Å². The van der Waals surface area contributed by atoms with Gasteiger partial charge in [-0.25, -0.2) is 14.4 Å². The molecule has 0 saturated carbocycles. The van der Waals surface area contributed by atoms with Gasteiger partial charge in [-0.3, -0.25) is 4.79 Å². The molecule has 8 heteroatoms. The number of aryl methyl sites for hydroxylation is 1. The Morgan fingerprint density at radius 2 is 2.07 bits per heavy atom. The lowest BCUT2D eigenvalue weighted by molar-refractivity contribution is -0.210. The zero-order valence-corrected chi connectivity index (χ0v) is 15.1. The van der Waals surface area contributed by atoms with Crippen LogP contribution in [0.1, 0.15) is 41.3 Å². The lowest BCUT2D eigenvalue weighted by atomic mass is 9.82. The number of halogens is 1. The Labute approximate surface area is 156 Å². The van der Waals surface area contributed by atoms with Crippen molar-refractivity contribution in [1.29, 1.82) is 0 Å². The van der Waals surface area contributed by atoms with Crippen molar-refractivity contribution in [1.82, 2.24) is 15.3 Å². The number of carbonyl (C=O) groups is 1. The molecule has 1 saturated heterocycles. The fourth-order valence-corrected chi connectivity index (χ4v) is 3.22. The van der Waals surface area contributed by atoms with Crippen LogP contribution in [0.4, 0.5) is 4.39 Å². The van der Waals surface area contributed by atoms with Gasteiger partial charge in [0, 0.05) is 19.2 Å². The number of carbonyl (C=O) groups excluding carboxylic acids is 1. The minimum absolute atomic E-state index is 0.0488. The fraction of sp³-hybridized carbons (Fsp3) is 0.421. The second-order valence-electron chi connectivity index (χ2n) is 6.81. The van der Waals surface area contributed by atoms with Crippen molar-refractivity contribution in [2.45, 2.75) is 44.2 Å². The van der Waals surface area contributed by atoms with Crippen LogP contribution in [0.5, 0.6) is 0 Å². The molecule has 1 amide bonds. The third kappa shape index (κ3) is 4.29. The number of rotatable bonds is 4. The molecule has 144 valence electrons. The van der Waals surface area contributed by atoms with Crippen LogP contribution in [-0.4, -0.2) is 50.4 Å². The number of aromatic nitrogens is 2. The Morgan fingerprint density at radius 1 is 1.37 bits per heavy atom. The SMILES string of the molecule is Cc1nccc(C(=O)NC[C@]2(O)C[C@H](c3ccc(F)cc3)O[C@H](C)[C@H]2O)n1. The van der Waals surface area contributed by atoms with Crippen molar-refractivity contribution in [3.8, 4) is 0 Å². The van der Waals surface area contributed by atoms with Crippen LogP contribution in [0.2, 0.25) is 0 Å². The van der Waals surface area contributed by atoms with E-state index in [0.29, 0.717) is 11.4 Å². The van der Waals surface area contributed by atoms with Crippen LogP contribution in [0, 0.1) is 12.7 Å². The van der Waals surface area contributed by atoms with Gasteiger partial charge in [0.1, 0.15) is 29.0 Å². The number of benzene rings is 1. The topological polar surface area (TPSA) is 105 Å². The second kappa shape index (κ2) is 7.67. The molecule has 27 heavy (non-hydrogen) atoms. The Kier molecular flexibility index (Phi) is 5.50. The zero-order chi connectivity index (χ0) is 19.6. The zero-order valence-electron chi connectivity index (χ0n) is 15.1. The average Bonchev–Trinajstić information content (AvgIpc) is 2.64. The maximum atomic E-state index is 13.2. The van der Waals surface area contributed by atoms with E-state index < -0.39 is 29.8 Å². The standard InChI is InChI=1S/C19H22FN3O4/c1-11-17(24)19(26,9-16(27-11)13-3-5-14(20)6-4-13)10-22-18(25)15-7-8-21-12(2)23-15/h3-8,11,16-17,24,26H,9-10H2,1-2H3,(H,22,25)/t11-,16-,17-,19-/m1/s1. The van der Waals surface area contributed by atoms with Gasteiger partial charge in [-0.1, -0.05) is 12.1 Å². The monoisotopic (exact) mass is 375 g/mol. The van der Waals surface area contributed by atoms with Crippen LogP contribution in [0.15, 0.2) is 36.5 Å². The highest BCUT2D eigenvalue weighted by Gasteiger charge is 2.47. The predicted octanol–water partition coefficient (Wildman–Crippen LogP) is 1.30. The van der Waals surface area contributed by atoms with E-state index in [9.17, 15) is 19.4 Å². The van der Waals surface area contributed by atoms with Crippen molar-refractivity contribution >= 4 is 5.91 Å². The first-order chi connectivity index (χ1) is 12.8. The van der Waals surface area contributed by atoms with Gasteiger partial charge in [0.2, 0.25) is 0 Å². The molecule has 0 unspecified atom stereocenters. The van der Waals surface area contributed by atoms with Crippen molar-refractivity contribution in [2.75, 3.05) is 6.54 Å². The summed E-state index contributed by atoms with van der Waals surface area (Å²) in [4.78, 5) is 20.3. The molecule has 4 atom stereocenters. The van der Waals surface area contributed by atoms with E-state index in [1.54, 1.807) is 26.0 Å². The molecule has 0 aliphatic carbocycles. The summed E-state index contributed by atoms with van der Waals surface area (Å²) >= 11 is 0. The van der Waals surface area contributed by atoms with Gasteiger partial charge >= 0.3 is 0 Å². The maximum Gasteiger partial charge on any atom is 0.270 e. The maximum absolute atomic E-state index is 13.2. The third-order valence-corrected chi connectivity index (χ3v) is 4.72. The van der Waals surface area contributed by atoms with Crippen molar-refractivity contribution < 1.29 is 24.1 Å². The highest BCUT2D eigenvalue weighted by molar-refractivity contribution is 5.92. The van der Waals surface area contributed by atoms with E-state index in [2.05, 4.69) is 15.3 Å². The summed E-state index contributed by atoms with van der Waals surface area (Å²) < 4.78 is 18.9. The summed E-state index contributed by atoms with van der Waals surface area (Å²) in [7, 11) is 0. The molecule has 1 aliphatic rings. The molecule has 2 heterocycles. The molecule has 1 aromatic heterocycles. The van der Waals surface area contributed by atoms with Gasteiger partial charge in [0.15, 0.2) is 0 Å². The van der Waals surface area contributed by atoms with Gasteiger partial charge in [0.05, 0.1) is 12.2 Å². The molecule has 1 aliphatic heterocycles. The lowest BCUT2D eigenvalue weighted by Crippen LogP contribution is -2.59. The Bertz CT molecular complexity index is 817. The Balaban J connectivity index is 1.73. The molecule has 3 N–H and O–H groups in total. The number of hydrogen-bond acceptors (Lipinski definition) is 6. The van der Waals surface area contributed by atoms with Crippen molar-refractivity contribution in [3.63, 3.8) is 0 Å². The largest absolute Gasteiger partial charge is 0.387 e. The summed E-state index contributed by atoms with van der Waals surface area (Å²) in [6, 6.07) is 7.25. The first-order valence-corrected chi connectivity index (χ1v) is 8.68. The van der Waals surface area contributed by atoms with Crippen molar-refractivity contribution in [3.05, 3.63) is 59.4 Å². The fourth-order valence-electron chi connectivity index (χ4n) is 3.22. The number of amides is 1. The summed E-state index contributed by atoms with van der Waals surface area (Å²) in [6.07, 6.45) is -0.874. The number of aliphatic hydroxyl groups excluding tert-OH is 1. The van der Waals surface area contributed by atoms with Gasteiger partial charge in [0.25, 0.3) is 5.91 Å². The summed E-state index contributed by atoms with van der Waals surface area (Å²) in [5.41, 5.74) is -0.740. The number of aliphatic hydroxyl groups is 2. The van der Waals surface area contributed by atoms with Crippen LogP contribution in [-0.2, 0) is 4.74 Å². The average molecular weight is 375 g/mol. The van der Waals surface area contributed by atoms with Crippen LogP contribution in [0.25, 0.3) is 0 Å². The normalized spacial score (nSPS) is 28.0. The number of nitrogens with one attached hydrogen (secondary N) is 1. The number of ether oxygens (including phenoxy) is 1. The molecule has 7 nitrogen and oxygen atoms in total. The van der Waals surface area contributed by atoms with Crippen LogP contribution < -0.4 is 5.32 Å². The summed E-state index contributed by atoms with van der Waals surface area (Å²) in [6.45, 7) is 3.13. The smallest absolute Gasteiger partial charge is 0.270 e. The third-order valence-electron chi connectivity index (χ3n) is 4.72. The first-order valence-electron chi connectivity index (χ1n) is 8.68. The van der Waals surface area contributed by atoms with E-state index in [-0.39, 0.29) is 24.5 Å². The number of nitrogens with zero attached hydrogens (tertiary/aromatic N) is 2. The molecule has 0 bridgehead atoms. The van der Waals surface area contributed by atoms with E-state index in [0.717, 1.165) is 0 Å². The minimum atomic E-state index is -1.60. The van der Waals surface area contributed by atoms with Gasteiger partial charge < -0.3 is 20.3 Å². The molecule has 0 spiro atoms. The molecular formula is C19H22FN3O4. The highest BCUT2D eigenvalue weighted by Crippen LogP contribution is 2.37. The first kappa shape index (κ1) is 19.3. The molecule has 2 aromatic rings. The predicted molar refractivity (Wildman–Crippen MR) is 94.4 cm³/mol. The molecule has 3 rings (SSSR count). The minimum Gasteiger partial charge on any atom is -0.387 e. The van der Waals surface area contributed by atoms with Gasteiger partial charge in [-0.2, -0.15) is 0 Å². The second-order valence-corrected chi connectivity index (χ2v) is 6.81. The number of hydrogen-bond donors (Lipinski definition) is 3. The van der Waals surface area contributed by atoms with E-state index in [4.69, 9.17) is 4.74 Å². The molecule has 1 aromatic carbocycles. The van der Waals surface area contributed by atoms with Gasteiger partial charge in [-0.05, 0) is 37.6 Å². The molecule has 1 fully saturated rings. The lowest BCUT2D eigenvalue weighted by Gasteiger charge is -2.44. The summed E-state index contributed by atoms with van der Waals surface area (Å²) in [5.74, 6) is -0.388. The molecule has 0 radical (unpaired) electrons. The van der Waals surface area contributed by atoms with Gasteiger partial charge in [-0.15, -0.1) is 0 Å². The van der Waals surface area contributed by atoms with E-state index in [1.165, 1.54) is 24.4 Å². The Hall–Kier alpha value is -2.42. The van der Waals surface area contributed by atoms with Crippen molar-refractivity contribution in [2.24, 2.45) is 0 Å². The quantitative estimate of drug-likeness (QED) is 0.744. The highest BCUT2D eigenvalue weighted by atomic mass is 19.1. The van der Waals surface area contributed by atoms with E-state index >= 15 is 0 Å². The van der Waals surface area contributed by atoms with Crippen LogP contribution in [0.3, 0.4) is 0 Å². The Morgan fingerprint density at radius 3 is 2.74 bits per heavy atom. The molecular weight excluding hydrogens is 353 g/mol.